The fraction of sp³-hybridized carbons (Fsp3) is 0.333. The molecular formula is C15H16OS2. The quantitative estimate of drug-likeness (QED) is 0.786. The van der Waals surface area contributed by atoms with Crippen molar-refractivity contribution in [3.63, 3.8) is 0 Å². The van der Waals surface area contributed by atoms with Crippen LogP contribution in [0.15, 0.2) is 42.5 Å². The van der Waals surface area contributed by atoms with E-state index in [1.807, 2.05) is 11.8 Å². The molecule has 3 rings (SSSR count). The summed E-state index contributed by atoms with van der Waals surface area (Å²) >= 11 is 1.84. The molecule has 18 heavy (non-hydrogen) atoms. The van der Waals surface area contributed by atoms with Gasteiger partial charge in [-0.25, -0.2) is 0 Å². The van der Waals surface area contributed by atoms with Gasteiger partial charge in [0.15, 0.2) is 0 Å². The molecular weight excluding hydrogens is 260 g/mol. The second-order valence-corrected chi connectivity index (χ2v) is 8.41. The zero-order valence-electron chi connectivity index (χ0n) is 10.4. The Hall–Kier alpha value is -0.800. The molecule has 0 spiro atoms. The third-order valence-electron chi connectivity index (χ3n) is 3.56. The van der Waals surface area contributed by atoms with Gasteiger partial charge in [0.2, 0.25) is 0 Å². The van der Waals surface area contributed by atoms with Crippen molar-refractivity contribution >= 4 is 33.3 Å². The van der Waals surface area contributed by atoms with E-state index in [0.29, 0.717) is 0 Å². The van der Waals surface area contributed by atoms with E-state index in [9.17, 15) is 4.21 Å². The summed E-state index contributed by atoms with van der Waals surface area (Å²) in [4.78, 5) is 0. The SMILES string of the molecule is CC1(c2cccc3ccccc23)SCCCS1=O. The molecule has 1 fully saturated rings. The molecule has 1 saturated heterocycles. The van der Waals surface area contributed by atoms with Crippen molar-refractivity contribution in [2.24, 2.45) is 0 Å². The second-order valence-electron chi connectivity index (χ2n) is 4.72. The van der Waals surface area contributed by atoms with Gasteiger partial charge in [-0.15, -0.1) is 11.8 Å². The van der Waals surface area contributed by atoms with Crippen LogP contribution in [0.4, 0.5) is 0 Å². The molecule has 0 saturated carbocycles. The van der Waals surface area contributed by atoms with E-state index in [0.717, 1.165) is 17.9 Å². The lowest BCUT2D eigenvalue weighted by molar-refractivity contribution is 0.668. The van der Waals surface area contributed by atoms with E-state index in [1.54, 1.807) is 0 Å². The van der Waals surface area contributed by atoms with Crippen molar-refractivity contribution in [3.05, 3.63) is 48.0 Å². The van der Waals surface area contributed by atoms with Crippen molar-refractivity contribution in [1.29, 1.82) is 0 Å². The minimum Gasteiger partial charge on any atom is -0.258 e. The van der Waals surface area contributed by atoms with E-state index in [1.165, 1.54) is 16.3 Å². The van der Waals surface area contributed by atoms with E-state index in [4.69, 9.17) is 0 Å². The van der Waals surface area contributed by atoms with Crippen LogP contribution in [0.2, 0.25) is 0 Å². The van der Waals surface area contributed by atoms with Crippen LogP contribution in [-0.4, -0.2) is 15.7 Å². The number of fused-ring (bicyclic) bond motifs is 1. The summed E-state index contributed by atoms with van der Waals surface area (Å²) in [5.74, 6) is 1.93. The maximum absolute atomic E-state index is 12.5. The minimum absolute atomic E-state index is 0.251. The Labute approximate surface area is 114 Å². The summed E-state index contributed by atoms with van der Waals surface area (Å²) < 4.78 is 12.2. The molecule has 0 N–H and O–H groups in total. The third kappa shape index (κ3) is 1.90. The lowest BCUT2D eigenvalue weighted by Gasteiger charge is -2.33. The first kappa shape index (κ1) is 12.2. The van der Waals surface area contributed by atoms with Gasteiger partial charge in [-0.05, 0) is 35.4 Å². The molecule has 2 atom stereocenters. The highest BCUT2D eigenvalue weighted by Gasteiger charge is 2.37. The highest BCUT2D eigenvalue weighted by atomic mass is 32.2. The number of benzene rings is 2. The first-order chi connectivity index (χ1) is 8.72. The minimum atomic E-state index is -0.788. The maximum atomic E-state index is 12.5. The highest BCUT2D eigenvalue weighted by molar-refractivity contribution is 8.12. The van der Waals surface area contributed by atoms with Gasteiger partial charge in [0.1, 0.15) is 4.08 Å². The zero-order valence-corrected chi connectivity index (χ0v) is 12.0. The highest BCUT2D eigenvalue weighted by Crippen LogP contribution is 2.45. The van der Waals surface area contributed by atoms with E-state index < -0.39 is 10.8 Å². The van der Waals surface area contributed by atoms with Crippen LogP contribution >= 0.6 is 11.8 Å². The Morgan fingerprint density at radius 2 is 1.94 bits per heavy atom. The summed E-state index contributed by atoms with van der Waals surface area (Å²) in [6.45, 7) is 2.13. The Morgan fingerprint density at radius 3 is 2.78 bits per heavy atom. The van der Waals surface area contributed by atoms with Gasteiger partial charge in [-0.2, -0.15) is 0 Å². The predicted molar refractivity (Wildman–Crippen MR) is 81.4 cm³/mol. The van der Waals surface area contributed by atoms with Crippen molar-refractivity contribution in [2.45, 2.75) is 17.4 Å². The van der Waals surface area contributed by atoms with E-state index in [-0.39, 0.29) is 4.08 Å². The van der Waals surface area contributed by atoms with Crippen LogP contribution in [0.3, 0.4) is 0 Å². The smallest absolute Gasteiger partial charge is 0.114 e. The summed E-state index contributed by atoms with van der Waals surface area (Å²) in [7, 11) is -0.788. The Bertz CT molecular complexity index is 603. The average molecular weight is 276 g/mol. The maximum Gasteiger partial charge on any atom is 0.114 e. The summed E-state index contributed by atoms with van der Waals surface area (Å²) in [5.41, 5.74) is 1.23. The molecule has 0 aliphatic carbocycles. The first-order valence-electron chi connectivity index (χ1n) is 6.22. The lowest BCUT2D eigenvalue weighted by atomic mass is 10.0. The monoisotopic (exact) mass is 276 g/mol. The van der Waals surface area contributed by atoms with Crippen LogP contribution in [-0.2, 0) is 14.9 Å². The van der Waals surface area contributed by atoms with Crippen LogP contribution in [0.1, 0.15) is 18.9 Å². The van der Waals surface area contributed by atoms with Gasteiger partial charge < -0.3 is 0 Å². The van der Waals surface area contributed by atoms with Crippen molar-refractivity contribution in [3.8, 4) is 0 Å². The van der Waals surface area contributed by atoms with Crippen LogP contribution in [0.25, 0.3) is 10.8 Å². The number of rotatable bonds is 1. The van der Waals surface area contributed by atoms with Crippen LogP contribution in [0, 0.1) is 0 Å². The molecule has 0 amide bonds. The number of hydrogen-bond donors (Lipinski definition) is 0. The van der Waals surface area contributed by atoms with E-state index in [2.05, 4.69) is 49.4 Å². The second kappa shape index (κ2) is 4.71. The fourth-order valence-electron chi connectivity index (χ4n) is 2.54. The summed E-state index contributed by atoms with van der Waals surface area (Å²) in [5, 5.41) is 2.48. The summed E-state index contributed by atoms with van der Waals surface area (Å²) in [6, 6.07) is 14.7. The molecule has 94 valence electrons. The zero-order chi connectivity index (χ0) is 12.6. The predicted octanol–water partition coefficient (Wildman–Crippen LogP) is 3.90. The van der Waals surface area contributed by atoms with Crippen molar-refractivity contribution in [1.82, 2.24) is 0 Å². The van der Waals surface area contributed by atoms with Gasteiger partial charge in [0.05, 0.1) is 0 Å². The number of thioether (sulfide) groups is 1. The van der Waals surface area contributed by atoms with Gasteiger partial charge in [0, 0.05) is 16.6 Å². The molecule has 1 aliphatic rings. The topological polar surface area (TPSA) is 17.1 Å². The molecule has 1 aliphatic heterocycles. The Morgan fingerprint density at radius 1 is 1.17 bits per heavy atom. The molecule has 2 unspecified atom stereocenters. The van der Waals surface area contributed by atoms with Gasteiger partial charge >= 0.3 is 0 Å². The average Bonchev–Trinajstić information content (AvgIpc) is 2.41. The molecule has 2 aromatic carbocycles. The number of hydrogen-bond acceptors (Lipinski definition) is 2. The van der Waals surface area contributed by atoms with Gasteiger partial charge in [-0.3, -0.25) is 4.21 Å². The molecule has 1 nitrogen and oxygen atoms in total. The summed E-state index contributed by atoms with van der Waals surface area (Å²) in [6.07, 6.45) is 1.07. The van der Waals surface area contributed by atoms with Gasteiger partial charge in [0.25, 0.3) is 0 Å². The normalized spacial score (nSPS) is 28.4. The molecule has 0 radical (unpaired) electrons. The Balaban J connectivity index is 2.22. The molecule has 1 heterocycles. The first-order valence-corrected chi connectivity index (χ1v) is 8.53. The standard InChI is InChI=1S/C15H16OS2/c1-15(17-10-5-11-18(15)16)14-9-4-7-12-6-2-3-8-13(12)14/h2-4,6-9H,5,10-11H2,1H3. The largest absolute Gasteiger partial charge is 0.258 e. The van der Waals surface area contributed by atoms with Crippen molar-refractivity contribution in [2.75, 3.05) is 11.5 Å². The molecule has 3 heteroatoms. The molecule has 0 aromatic heterocycles. The molecule has 0 bridgehead atoms. The molecule has 2 aromatic rings. The van der Waals surface area contributed by atoms with Gasteiger partial charge in [-0.1, -0.05) is 42.5 Å². The lowest BCUT2D eigenvalue weighted by Crippen LogP contribution is -2.30. The van der Waals surface area contributed by atoms with Crippen LogP contribution < -0.4 is 0 Å². The Kier molecular flexibility index (Phi) is 3.20. The van der Waals surface area contributed by atoms with Crippen LogP contribution in [0.5, 0.6) is 0 Å². The fourth-order valence-corrected chi connectivity index (χ4v) is 5.98. The van der Waals surface area contributed by atoms with E-state index >= 15 is 0 Å². The van der Waals surface area contributed by atoms with Crippen molar-refractivity contribution < 1.29 is 4.21 Å². The third-order valence-corrected chi connectivity index (χ3v) is 7.49.